The molecule has 2 aromatic rings. The zero-order valence-corrected chi connectivity index (χ0v) is 12.3. The molecule has 19 heavy (non-hydrogen) atoms. The van der Waals surface area contributed by atoms with Crippen LogP contribution in [0.5, 0.6) is 0 Å². The summed E-state index contributed by atoms with van der Waals surface area (Å²) < 4.78 is 2.34. The summed E-state index contributed by atoms with van der Waals surface area (Å²) in [4.78, 5) is 14.8. The van der Waals surface area contributed by atoms with Crippen LogP contribution in [-0.4, -0.2) is 27.6 Å². The van der Waals surface area contributed by atoms with Crippen molar-refractivity contribution in [1.29, 1.82) is 0 Å². The zero-order valence-electron chi connectivity index (χ0n) is 10.7. The van der Waals surface area contributed by atoms with Crippen LogP contribution in [0.15, 0.2) is 24.5 Å². The summed E-state index contributed by atoms with van der Waals surface area (Å²) in [6.45, 7) is 0.504. The van der Waals surface area contributed by atoms with Gasteiger partial charge in [0.15, 0.2) is 0 Å². The minimum atomic E-state index is -0.686. The third kappa shape index (κ3) is 3.34. The van der Waals surface area contributed by atoms with E-state index in [1.807, 2.05) is 12.1 Å². The van der Waals surface area contributed by atoms with Crippen molar-refractivity contribution in [3.05, 3.63) is 39.3 Å². The molecule has 0 fully saturated rings. The summed E-state index contributed by atoms with van der Waals surface area (Å²) in [5.41, 5.74) is 6.66. The lowest BCUT2D eigenvalue weighted by Gasteiger charge is -2.20. The lowest BCUT2D eigenvalue weighted by atomic mass is 10.1. The van der Waals surface area contributed by atoms with Crippen molar-refractivity contribution in [2.24, 2.45) is 12.8 Å². The average molecular weight is 299 g/mol. The van der Waals surface area contributed by atoms with E-state index < -0.39 is 6.04 Å². The largest absolute Gasteiger partial charge is 0.339 e. The molecule has 0 bridgehead atoms. The molecule has 7 heteroatoms. The van der Waals surface area contributed by atoms with Crippen LogP contribution in [0.3, 0.4) is 0 Å². The van der Waals surface area contributed by atoms with Crippen LogP contribution in [0.4, 0.5) is 0 Å². The number of rotatable bonds is 4. The molecule has 0 aliphatic rings. The number of halogens is 1. The number of aromatic nitrogens is 2. The summed E-state index contributed by atoms with van der Waals surface area (Å²) in [7, 11) is 3.52. The van der Waals surface area contributed by atoms with Crippen LogP contribution in [0.1, 0.15) is 16.5 Å². The number of hydrogen-bond donors (Lipinski definition) is 1. The standard InChI is InChI=1S/C12H15ClN4OS/c1-16(7-9-3-4-10(13)19-9)12(18)11(14)8-5-15-17(2)6-8/h3-6,11H,7,14H2,1-2H3. The number of aryl methyl sites for hydroxylation is 1. The number of amides is 1. The average Bonchev–Trinajstić information content (AvgIpc) is 2.96. The van der Waals surface area contributed by atoms with Crippen molar-refractivity contribution in [2.75, 3.05) is 7.05 Å². The van der Waals surface area contributed by atoms with Gasteiger partial charge in [0.25, 0.3) is 0 Å². The highest BCUT2D eigenvalue weighted by Gasteiger charge is 2.21. The first-order valence-electron chi connectivity index (χ1n) is 5.70. The van der Waals surface area contributed by atoms with Crippen molar-refractivity contribution in [3.63, 3.8) is 0 Å². The van der Waals surface area contributed by atoms with Crippen molar-refractivity contribution < 1.29 is 4.79 Å². The molecule has 1 amide bonds. The molecule has 0 aromatic carbocycles. The zero-order chi connectivity index (χ0) is 14.0. The summed E-state index contributed by atoms with van der Waals surface area (Å²) in [6.07, 6.45) is 3.36. The molecule has 2 aromatic heterocycles. The second-order valence-corrected chi connectivity index (χ2v) is 6.12. The fraction of sp³-hybridized carbons (Fsp3) is 0.333. The molecule has 2 heterocycles. The predicted octanol–water partition coefficient (Wildman–Crippen LogP) is 1.79. The molecular formula is C12H15ClN4OS. The minimum absolute atomic E-state index is 0.141. The van der Waals surface area contributed by atoms with Gasteiger partial charge in [0.2, 0.25) is 5.91 Å². The quantitative estimate of drug-likeness (QED) is 0.936. The first-order chi connectivity index (χ1) is 8.97. The van der Waals surface area contributed by atoms with Gasteiger partial charge < -0.3 is 10.6 Å². The monoisotopic (exact) mass is 298 g/mol. The van der Waals surface area contributed by atoms with Crippen molar-refractivity contribution in [2.45, 2.75) is 12.6 Å². The van der Waals surface area contributed by atoms with Crippen molar-refractivity contribution in [1.82, 2.24) is 14.7 Å². The molecule has 0 radical (unpaired) electrons. The highest BCUT2D eigenvalue weighted by atomic mass is 35.5. The molecule has 2 rings (SSSR count). The molecule has 0 saturated heterocycles. The normalized spacial score (nSPS) is 12.4. The maximum Gasteiger partial charge on any atom is 0.244 e. The van der Waals surface area contributed by atoms with E-state index in [4.69, 9.17) is 17.3 Å². The molecular weight excluding hydrogens is 284 g/mol. The van der Waals surface area contributed by atoms with Gasteiger partial charge in [-0.05, 0) is 12.1 Å². The van der Waals surface area contributed by atoms with Crippen LogP contribution >= 0.6 is 22.9 Å². The molecule has 102 valence electrons. The Labute approximate surface area is 120 Å². The molecule has 0 aliphatic heterocycles. The van der Waals surface area contributed by atoms with Crippen molar-refractivity contribution >= 4 is 28.8 Å². The molecule has 1 atom stereocenters. The third-order valence-corrected chi connectivity index (χ3v) is 3.96. The maximum absolute atomic E-state index is 12.2. The number of carbonyl (C=O) groups is 1. The number of thiophene rings is 1. The summed E-state index contributed by atoms with van der Waals surface area (Å²) in [5.74, 6) is -0.141. The van der Waals surface area contributed by atoms with E-state index in [9.17, 15) is 4.79 Å². The van der Waals surface area contributed by atoms with Gasteiger partial charge in [-0.15, -0.1) is 11.3 Å². The van der Waals surface area contributed by atoms with E-state index >= 15 is 0 Å². The van der Waals surface area contributed by atoms with Gasteiger partial charge in [-0.2, -0.15) is 5.10 Å². The smallest absolute Gasteiger partial charge is 0.244 e. The Morgan fingerprint density at radius 3 is 2.89 bits per heavy atom. The number of nitrogens with zero attached hydrogens (tertiary/aromatic N) is 3. The summed E-state index contributed by atoms with van der Waals surface area (Å²) >= 11 is 7.32. The van der Waals surface area contributed by atoms with Gasteiger partial charge in [0.1, 0.15) is 6.04 Å². The van der Waals surface area contributed by atoms with Gasteiger partial charge in [-0.3, -0.25) is 9.48 Å². The lowest BCUT2D eigenvalue weighted by Crippen LogP contribution is -2.35. The molecule has 2 N–H and O–H groups in total. The summed E-state index contributed by atoms with van der Waals surface area (Å²) in [6, 6.07) is 3.04. The van der Waals surface area contributed by atoms with Crippen LogP contribution in [-0.2, 0) is 18.4 Å². The highest BCUT2D eigenvalue weighted by molar-refractivity contribution is 7.16. The van der Waals surface area contributed by atoms with Crippen LogP contribution in [0.2, 0.25) is 4.34 Å². The Morgan fingerprint density at radius 1 is 1.63 bits per heavy atom. The van der Waals surface area contributed by atoms with Crippen LogP contribution < -0.4 is 5.73 Å². The number of hydrogen-bond acceptors (Lipinski definition) is 4. The number of nitrogens with two attached hydrogens (primary N) is 1. The first-order valence-corrected chi connectivity index (χ1v) is 6.90. The molecule has 1 unspecified atom stereocenters. The highest BCUT2D eigenvalue weighted by Crippen LogP contribution is 2.23. The van der Waals surface area contributed by atoms with Gasteiger partial charge in [-0.1, -0.05) is 11.6 Å². The Hall–Kier alpha value is -1.37. The van der Waals surface area contributed by atoms with Gasteiger partial charge in [0, 0.05) is 30.7 Å². The fourth-order valence-corrected chi connectivity index (χ4v) is 2.87. The lowest BCUT2D eigenvalue weighted by molar-refractivity contribution is -0.131. The van der Waals surface area contributed by atoms with E-state index in [1.165, 1.54) is 11.3 Å². The van der Waals surface area contributed by atoms with Gasteiger partial charge in [-0.25, -0.2) is 0 Å². The second kappa shape index (κ2) is 5.73. The molecule has 0 aliphatic carbocycles. The van der Waals surface area contributed by atoms with Gasteiger partial charge >= 0.3 is 0 Å². The van der Waals surface area contributed by atoms with Crippen LogP contribution in [0, 0.1) is 0 Å². The van der Waals surface area contributed by atoms with E-state index in [0.29, 0.717) is 16.4 Å². The third-order valence-electron chi connectivity index (χ3n) is 2.75. The molecule has 0 spiro atoms. The van der Waals surface area contributed by atoms with E-state index in [1.54, 1.807) is 36.1 Å². The van der Waals surface area contributed by atoms with Crippen LogP contribution in [0.25, 0.3) is 0 Å². The predicted molar refractivity (Wildman–Crippen MR) is 75.9 cm³/mol. The first kappa shape index (κ1) is 14.0. The van der Waals surface area contributed by atoms with E-state index in [2.05, 4.69) is 5.10 Å². The fourth-order valence-electron chi connectivity index (χ4n) is 1.73. The SMILES string of the molecule is CN(Cc1ccc(Cl)s1)C(=O)C(N)c1cnn(C)c1. The Balaban J connectivity index is 2.02. The Kier molecular flexibility index (Phi) is 4.24. The second-order valence-electron chi connectivity index (χ2n) is 4.33. The Morgan fingerprint density at radius 2 is 2.37 bits per heavy atom. The van der Waals surface area contributed by atoms with E-state index in [-0.39, 0.29) is 5.91 Å². The minimum Gasteiger partial charge on any atom is -0.339 e. The van der Waals surface area contributed by atoms with Gasteiger partial charge in [0.05, 0.1) is 17.1 Å². The van der Waals surface area contributed by atoms with E-state index in [0.717, 1.165) is 4.88 Å². The summed E-state index contributed by atoms with van der Waals surface area (Å²) in [5, 5.41) is 4.02. The number of likely N-dealkylation sites (N-methyl/N-ethyl adjacent to an activating group) is 1. The Bertz CT molecular complexity index is 580. The maximum atomic E-state index is 12.2. The van der Waals surface area contributed by atoms with Crippen molar-refractivity contribution in [3.8, 4) is 0 Å². The molecule has 0 saturated carbocycles. The topological polar surface area (TPSA) is 64.2 Å². The number of carbonyl (C=O) groups excluding carboxylic acids is 1. The molecule has 5 nitrogen and oxygen atoms in total.